The molecule has 1 heterocycles. The molecule has 8 heteroatoms. The summed E-state index contributed by atoms with van der Waals surface area (Å²) in [6.07, 6.45) is 1.43. The van der Waals surface area contributed by atoms with Crippen molar-refractivity contribution in [1.82, 2.24) is 7.68 Å². The molecule has 0 fully saturated rings. The Morgan fingerprint density at radius 3 is 2.42 bits per heavy atom. The molecule has 0 bridgehead atoms. The number of nitriles is 1. The molecule has 1 aromatic heterocycles. The number of carbonyl (C=O) groups excluding carboxylic acids is 2. The molecule has 0 saturated carbocycles. The fourth-order valence-corrected chi connectivity index (χ4v) is 2.95. The van der Waals surface area contributed by atoms with Crippen molar-refractivity contribution in [3.05, 3.63) is 41.5 Å². The maximum Gasteiger partial charge on any atom is 0.222 e. The van der Waals surface area contributed by atoms with Crippen LogP contribution in [0.2, 0.25) is 0 Å². The third-order valence-corrected chi connectivity index (χ3v) is 4.17. The molecule has 0 spiro atoms. The van der Waals surface area contributed by atoms with Crippen LogP contribution in [-0.2, 0) is 4.79 Å². The number of benzene rings is 1. The van der Waals surface area contributed by atoms with Crippen LogP contribution >= 0.6 is 22.9 Å². The van der Waals surface area contributed by atoms with Gasteiger partial charge in [-0.2, -0.15) is 5.26 Å². The van der Waals surface area contributed by atoms with Gasteiger partial charge in [0.2, 0.25) is 11.7 Å². The van der Waals surface area contributed by atoms with E-state index in [1.54, 1.807) is 21.8 Å². The molecular formula is C18H20FIN4O2. The molecule has 0 unspecified atom stereocenters. The Bertz CT molecular complexity index is 910. The zero-order valence-electron chi connectivity index (χ0n) is 15.2. The lowest BCUT2D eigenvalue weighted by molar-refractivity contribution is -0.114. The van der Waals surface area contributed by atoms with Gasteiger partial charge in [-0.25, -0.2) is 4.39 Å². The van der Waals surface area contributed by atoms with E-state index in [0.717, 1.165) is 0 Å². The van der Waals surface area contributed by atoms with Gasteiger partial charge in [0.05, 0.1) is 34.1 Å². The summed E-state index contributed by atoms with van der Waals surface area (Å²) in [5.74, 6) is -1.45. The number of allylic oxidation sites excluding steroid dienone is 1. The second kappa shape index (κ2) is 9.33. The van der Waals surface area contributed by atoms with Gasteiger partial charge >= 0.3 is 0 Å². The van der Waals surface area contributed by atoms with E-state index in [-0.39, 0.29) is 17.0 Å². The van der Waals surface area contributed by atoms with E-state index < -0.39 is 17.5 Å². The van der Waals surface area contributed by atoms with E-state index in [9.17, 15) is 19.2 Å². The lowest BCUT2D eigenvalue weighted by Crippen LogP contribution is -2.10. The molecule has 0 radical (unpaired) electrons. The second-order valence-electron chi connectivity index (χ2n) is 5.33. The molecule has 1 N–H and O–H groups in total. The van der Waals surface area contributed by atoms with Crippen LogP contribution in [0, 0.1) is 17.1 Å². The zero-order valence-corrected chi connectivity index (χ0v) is 17.4. The van der Waals surface area contributed by atoms with Gasteiger partial charge in [0.25, 0.3) is 0 Å². The van der Waals surface area contributed by atoms with Crippen molar-refractivity contribution in [3.8, 4) is 6.07 Å². The predicted octanol–water partition coefficient (Wildman–Crippen LogP) is 4.11. The molecule has 0 atom stereocenters. The molecule has 2 aromatic rings. The number of carbonyl (C=O) groups is 2. The van der Waals surface area contributed by atoms with Gasteiger partial charge in [0.1, 0.15) is 23.2 Å². The molecule has 26 heavy (non-hydrogen) atoms. The number of rotatable bonds is 4. The van der Waals surface area contributed by atoms with Crippen LogP contribution in [-0.4, -0.2) is 33.5 Å². The average molecular weight is 470 g/mol. The van der Waals surface area contributed by atoms with Crippen molar-refractivity contribution < 1.29 is 14.0 Å². The number of fused-ring (bicyclic) bond motifs is 1. The first-order valence-electron chi connectivity index (χ1n) is 7.86. The van der Waals surface area contributed by atoms with Crippen LogP contribution in [0.3, 0.4) is 0 Å². The summed E-state index contributed by atoms with van der Waals surface area (Å²) in [5.41, 5.74) is 0.823. The number of nitrogens with one attached hydrogen (secondary N) is 1. The van der Waals surface area contributed by atoms with Crippen LogP contribution in [0.25, 0.3) is 10.9 Å². The Balaban J connectivity index is 0.00000163. The van der Waals surface area contributed by atoms with Gasteiger partial charge < -0.3 is 10.2 Å². The lowest BCUT2D eigenvalue weighted by atomic mass is 10.1. The highest BCUT2D eigenvalue weighted by Crippen LogP contribution is 2.29. The van der Waals surface area contributed by atoms with Gasteiger partial charge in [-0.15, -0.1) is 0 Å². The Labute approximate surface area is 165 Å². The molecule has 6 nitrogen and oxygen atoms in total. The number of ketones is 1. The van der Waals surface area contributed by atoms with Crippen molar-refractivity contribution in [2.24, 2.45) is 0 Å². The first kappa shape index (κ1) is 21.6. The van der Waals surface area contributed by atoms with E-state index in [2.05, 4.69) is 5.32 Å². The van der Waals surface area contributed by atoms with E-state index in [0.29, 0.717) is 10.9 Å². The molecule has 0 aliphatic heterocycles. The van der Waals surface area contributed by atoms with Crippen LogP contribution in [0.1, 0.15) is 31.3 Å². The molecule has 138 valence electrons. The molecule has 2 rings (SSSR count). The quantitative estimate of drug-likeness (QED) is 0.316. The van der Waals surface area contributed by atoms with E-state index in [4.69, 9.17) is 0 Å². The fraction of sp³-hybridized carbons (Fsp3) is 0.278. The van der Waals surface area contributed by atoms with Gasteiger partial charge in [-0.3, -0.25) is 12.4 Å². The van der Waals surface area contributed by atoms with E-state index in [1.165, 1.54) is 31.3 Å². The van der Waals surface area contributed by atoms with Gasteiger partial charge in [-0.1, -0.05) is 13.8 Å². The number of halogens is 2. The maximum atomic E-state index is 14.0. The highest BCUT2D eigenvalue weighted by atomic mass is 127. The Kier molecular flexibility index (Phi) is 7.76. The number of Topliss-reactive ketones (excluding diaryl/α,β-unsaturated/α-hetero) is 1. The molecule has 1 amide bonds. The van der Waals surface area contributed by atoms with Crippen molar-refractivity contribution in [3.63, 3.8) is 0 Å². The van der Waals surface area contributed by atoms with E-state index in [1.807, 2.05) is 42.8 Å². The summed E-state index contributed by atoms with van der Waals surface area (Å²) < 4.78 is 15.6. The number of nitrogens with zero attached hydrogens (tertiary/aromatic N) is 3. The summed E-state index contributed by atoms with van der Waals surface area (Å²) >= 11 is 1.90. The Hall–Kier alpha value is -2.41. The molecular weight excluding hydrogens is 450 g/mol. The highest BCUT2D eigenvalue weighted by molar-refractivity contribution is 14.1. The third kappa shape index (κ3) is 4.82. The lowest BCUT2D eigenvalue weighted by Gasteiger charge is -2.07. The summed E-state index contributed by atoms with van der Waals surface area (Å²) in [6, 6.07) is 6.09. The highest BCUT2D eigenvalue weighted by Gasteiger charge is 2.20. The largest absolute Gasteiger partial charge is 0.382 e. The summed E-state index contributed by atoms with van der Waals surface area (Å²) in [7, 11) is 3.42. The Morgan fingerprint density at radius 1 is 1.31 bits per heavy atom. The van der Waals surface area contributed by atoms with Gasteiger partial charge in [-0.05, 0) is 18.2 Å². The van der Waals surface area contributed by atoms with Crippen molar-refractivity contribution in [2.45, 2.75) is 20.8 Å². The van der Waals surface area contributed by atoms with Crippen LogP contribution in [0.4, 0.5) is 10.1 Å². The Morgan fingerprint density at radius 2 is 1.92 bits per heavy atom. The van der Waals surface area contributed by atoms with Crippen molar-refractivity contribution in [2.75, 3.05) is 19.4 Å². The van der Waals surface area contributed by atoms with Crippen molar-refractivity contribution in [1.29, 1.82) is 5.26 Å². The number of aromatic nitrogens is 1. The molecule has 1 aromatic carbocycles. The normalized spacial score (nSPS) is 10.6. The average Bonchev–Trinajstić information content (AvgIpc) is 2.89. The molecule has 0 aliphatic carbocycles. The summed E-state index contributed by atoms with van der Waals surface area (Å²) in [6.45, 7) is 5.28. The SMILES string of the molecule is CC.CC(=O)Nc1cc2c(cc1F)cc(C(=O)/C(C#N)=C/N(C)C)n2I. The molecule has 0 aliphatic rings. The third-order valence-electron chi connectivity index (χ3n) is 3.13. The van der Waals surface area contributed by atoms with E-state index >= 15 is 0 Å². The van der Waals surface area contributed by atoms with Crippen LogP contribution < -0.4 is 5.32 Å². The fourth-order valence-electron chi connectivity index (χ4n) is 2.17. The first-order valence-corrected chi connectivity index (χ1v) is 8.83. The minimum absolute atomic E-state index is 0.0247. The number of hydrogen-bond acceptors (Lipinski definition) is 4. The zero-order chi connectivity index (χ0) is 20.0. The van der Waals surface area contributed by atoms with Crippen molar-refractivity contribution >= 4 is 51.1 Å². The first-order chi connectivity index (χ1) is 12.2. The molecule has 0 saturated heterocycles. The van der Waals surface area contributed by atoms with Gasteiger partial charge in [0.15, 0.2) is 0 Å². The van der Waals surface area contributed by atoms with Gasteiger partial charge in [0, 0.05) is 32.6 Å². The second-order valence-corrected chi connectivity index (χ2v) is 6.29. The topological polar surface area (TPSA) is 78.1 Å². The minimum Gasteiger partial charge on any atom is -0.382 e. The smallest absolute Gasteiger partial charge is 0.222 e. The number of amides is 1. The number of anilines is 1. The predicted molar refractivity (Wildman–Crippen MR) is 109 cm³/mol. The standard InChI is InChI=1S/C16H14FIN4O2.C2H6/c1-9(23)20-13-6-14-10(4-12(13)17)5-15(22(14)18)16(24)11(7-19)8-21(2)3;1-2/h4-6,8H,1-3H3,(H,20,23);1-2H3/b11-8+;. The monoisotopic (exact) mass is 470 g/mol. The minimum atomic E-state index is -0.594. The maximum absolute atomic E-state index is 14.0. The summed E-state index contributed by atoms with van der Waals surface area (Å²) in [5, 5.41) is 12.1. The number of hydrogen-bond donors (Lipinski definition) is 1. The summed E-state index contributed by atoms with van der Waals surface area (Å²) in [4.78, 5) is 25.3. The van der Waals surface area contributed by atoms with Crippen LogP contribution in [0.15, 0.2) is 30.0 Å². The van der Waals surface area contributed by atoms with Crippen LogP contribution in [0.5, 0.6) is 0 Å².